The molecule has 2 aromatic heterocycles. The Balaban J connectivity index is 1.66. The zero-order valence-electron chi connectivity index (χ0n) is 12.7. The van der Waals surface area contributed by atoms with Gasteiger partial charge in [-0.2, -0.15) is 9.50 Å². The molecule has 0 aliphatic heterocycles. The fourth-order valence-corrected chi connectivity index (χ4v) is 2.40. The van der Waals surface area contributed by atoms with Crippen molar-refractivity contribution in [2.24, 2.45) is 0 Å². The van der Waals surface area contributed by atoms with Crippen LogP contribution in [0.1, 0.15) is 5.69 Å². The quantitative estimate of drug-likeness (QED) is 0.628. The van der Waals surface area contributed by atoms with Gasteiger partial charge in [-0.15, -0.1) is 0 Å². The molecule has 4 rings (SSSR count). The summed E-state index contributed by atoms with van der Waals surface area (Å²) >= 11 is 0. The van der Waals surface area contributed by atoms with Crippen molar-refractivity contribution in [2.45, 2.75) is 6.61 Å². The summed E-state index contributed by atoms with van der Waals surface area (Å²) in [6, 6.07) is 20.4. The summed E-state index contributed by atoms with van der Waals surface area (Å²) in [7, 11) is 0. The highest BCUT2D eigenvalue weighted by Crippen LogP contribution is 2.14. The number of H-pyrrole nitrogens is 1. The Labute approximate surface area is 137 Å². The number of aromatic amines is 1. The maximum absolute atomic E-state index is 12.3. The first kappa shape index (κ1) is 14.2. The van der Waals surface area contributed by atoms with Crippen LogP contribution >= 0.6 is 0 Å². The minimum atomic E-state index is -0.221. The number of benzene rings is 2. The number of hydrogen-bond acceptors (Lipinski definition) is 4. The highest BCUT2D eigenvalue weighted by molar-refractivity contribution is 5.56. The first-order valence-electron chi connectivity index (χ1n) is 7.51. The van der Waals surface area contributed by atoms with E-state index in [0.717, 1.165) is 11.3 Å². The minimum absolute atomic E-state index is 0.212. The van der Waals surface area contributed by atoms with Gasteiger partial charge in [-0.1, -0.05) is 48.5 Å². The molecule has 1 N–H and O–H groups in total. The van der Waals surface area contributed by atoms with E-state index in [4.69, 9.17) is 4.74 Å². The van der Waals surface area contributed by atoms with E-state index >= 15 is 0 Å². The molecule has 0 atom stereocenters. The number of aromatic nitrogens is 4. The molecule has 6 heteroatoms. The summed E-state index contributed by atoms with van der Waals surface area (Å²) in [6.45, 7) is 0.212. The summed E-state index contributed by atoms with van der Waals surface area (Å²) in [6.07, 6.45) is 0. The van der Waals surface area contributed by atoms with E-state index in [-0.39, 0.29) is 12.2 Å². The third-order valence-corrected chi connectivity index (χ3v) is 3.56. The van der Waals surface area contributed by atoms with Gasteiger partial charge in [0.25, 0.3) is 11.3 Å². The molecule has 2 aromatic carbocycles. The molecule has 0 fully saturated rings. The van der Waals surface area contributed by atoms with E-state index in [1.54, 1.807) is 0 Å². The molecule has 24 heavy (non-hydrogen) atoms. The van der Waals surface area contributed by atoms with Gasteiger partial charge in [-0.25, -0.2) is 4.98 Å². The lowest BCUT2D eigenvalue weighted by Crippen LogP contribution is -2.16. The topological polar surface area (TPSA) is 72.3 Å². The molecule has 2 heterocycles. The van der Waals surface area contributed by atoms with Crippen LogP contribution in [0.25, 0.3) is 17.2 Å². The van der Waals surface area contributed by atoms with Crippen LogP contribution in [0.3, 0.4) is 0 Å². The van der Waals surface area contributed by atoms with Gasteiger partial charge in [-0.05, 0) is 12.1 Å². The Morgan fingerprint density at radius 1 is 0.958 bits per heavy atom. The SMILES string of the molecule is O=c1cc(COc2ccccc2)nc2nc(-c3ccccc3)[nH]n12. The van der Waals surface area contributed by atoms with Crippen LogP contribution in [0.2, 0.25) is 0 Å². The highest BCUT2D eigenvalue weighted by atomic mass is 16.5. The zero-order valence-corrected chi connectivity index (χ0v) is 12.7. The number of nitrogens with one attached hydrogen (secondary N) is 1. The fourth-order valence-electron chi connectivity index (χ4n) is 2.40. The Morgan fingerprint density at radius 2 is 1.67 bits per heavy atom. The molecule has 0 aliphatic carbocycles. The van der Waals surface area contributed by atoms with Crippen LogP contribution in [0.5, 0.6) is 5.75 Å². The van der Waals surface area contributed by atoms with Crippen molar-refractivity contribution in [1.29, 1.82) is 0 Å². The van der Waals surface area contributed by atoms with E-state index in [1.165, 1.54) is 10.6 Å². The smallest absolute Gasteiger partial charge is 0.274 e. The zero-order chi connectivity index (χ0) is 16.4. The average Bonchev–Trinajstić information content (AvgIpc) is 3.06. The summed E-state index contributed by atoms with van der Waals surface area (Å²) in [4.78, 5) is 21.0. The number of para-hydroxylation sites is 1. The third-order valence-electron chi connectivity index (χ3n) is 3.56. The van der Waals surface area contributed by atoms with E-state index < -0.39 is 0 Å². The van der Waals surface area contributed by atoms with Gasteiger partial charge in [0.15, 0.2) is 5.82 Å². The molecule has 6 nitrogen and oxygen atoms in total. The number of nitrogens with zero attached hydrogens (tertiary/aromatic N) is 3. The van der Waals surface area contributed by atoms with Crippen LogP contribution in [0, 0.1) is 0 Å². The first-order chi connectivity index (χ1) is 11.8. The van der Waals surface area contributed by atoms with Gasteiger partial charge >= 0.3 is 0 Å². The van der Waals surface area contributed by atoms with Gasteiger partial charge in [0.2, 0.25) is 0 Å². The summed E-state index contributed by atoms with van der Waals surface area (Å²) in [5.74, 6) is 1.65. The van der Waals surface area contributed by atoms with Gasteiger partial charge in [0.05, 0.1) is 5.69 Å². The summed E-state index contributed by atoms with van der Waals surface area (Å²) < 4.78 is 6.97. The fraction of sp³-hybridized carbons (Fsp3) is 0.0556. The third kappa shape index (κ3) is 2.77. The Morgan fingerprint density at radius 3 is 2.42 bits per heavy atom. The predicted octanol–water partition coefficient (Wildman–Crippen LogP) is 2.66. The van der Waals surface area contributed by atoms with Crippen molar-refractivity contribution in [3.05, 3.63) is 82.8 Å². The molecule has 0 amide bonds. The molecule has 0 spiro atoms. The molecular weight excluding hydrogens is 304 g/mol. The van der Waals surface area contributed by atoms with E-state index in [9.17, 15) is 4.79 Å². The average molecular weight is 318 g/mol. The van der Waals surface area contributed by atoms with Crippen molar-refractivity contribution in [2.75, 3.05) is 0 Å². The van der Waals surface area contributed by atoms with E-state index in [0.29, 0.717) is 17.3 Å². The molecule has 0 bridgehead atoms. The van der Waals surface area contributed by atoms with Crippen molar-refractivity contribution in [3.8, 4) is 17.1 Å². The predicted molar refractivity (Wildman–Crippen MR) is 89.8 cm³/mol. The second kappa shape index (κ2) is 6.00. The van der Waals surface area contributed by atoms with Crippen molar-refractivity contribution in [1.82, 2.24) is 19.6 Å². The normalized spacial score (nSPS) is 10.8. The molecule has 118 valence electrons. The van der Waals surface area contributed by atoms with Gasteiger partial charge in [-0.3, -0.25) is 9.89 Å². The first-order valence-corrected chi connectivity index (χ1v) is 7.51. The number of ether oxygens (including phenoxy) is 1. The Bertz CT molecular complexity index is 1020. The van der Waals surface area contributed by atoms with Crippen LogP contribution in [0.15, 0.2) is 71.5 Å². The van der Waals surface area contributed by atoms with Crippen molar-refractivity contribution >= 4 is 5.78 Å². The second-order valence-corrected chi connectivity index (χ2v) is 5.26. The number of hydrogen-bond donors (Lipinski definition) is 1. The lowest BCUT2D eigenvalue weighted by molar-refractivity contribution is 0.301. The maximum atomic E-state index is 12.3. The Kier molecular flexibility index (Phi) is 3.55. The van der Waals surface area contributed by atoms with Crippen molar-refractivity contribution < 1.29 is 4.74 Å². The maximum Gasteiger partial charge on any atom is 0.274 e. The van der Waals surface area contributed by atoms with Crippen LogP contribution < -0.4 is 10.3 Å². The molecule has 0 unspecified atom stereocenters. The number of rotatable bonds is 4. The lowest BCUT2D eigenvalue weighted by Gasteiger charge is -2.04. The standard InChI is InChI=1S/C18H14N4O2/c23-16-11-14(12-24-15-9-5-2-6-10-15)19-18-20-17(21-22(16)18)13-7-3-1-4-8-13/h1-11H,12H2,(H,19,20,21). The monoisotopic (exact) mass is 318 g/mol. The van der Waals surface area contributed by atoms with Gasteiger partial charge in [0, 0.05) is 11.6 Å². The molecule has 0 saturated heterocycles. The van der Waals surface area contributed by atoms with E-state index in [2.05, 4.69) is 15.1 Å². The van der Waals surface area contributed by atoms with Gasteiger partial charge in [0.1, 0.15) is 12.4 Å². The largest absolute Gasteiger partial charge is 0.487 e. The number of fused-ring (bicyclic) bond motifs is 1. The molecule has 4 aromatic rings. The lowest BCUT2D eigenvalue weighted by atomic mass is 10.2. The van der Waals surface area contributed by atoms with Crippen molar-refractivity contribution in [3.63, 3.8) is 0 Å². The summed E-state index contributed by atoms with van der Waals surface area (Å²) in [5, 5.41) is 2.97. The highest BCUT2D eigenvalue weighted by Gasteiger charge is 2.09. The molecular formula is C18H14N4O2. The minimum Gasteiger partial charge on any atom is -0.487 e. The second-order valence-electron chi connectivity index (χ2n) is 5.26. The van der Waals surface area contributed by atoms with Crippen LogP contribution in [-0.4, -0.2) is 19.6 Å². The molecule has 0 radical (unpaired) electrons. The van der Waals surface area contributed by atoms with Crippen LogP contribution in [-0.2, 0) is 6.61 Å². The van der Waals surface area contributed by atoms with E-state index in [1.807, 2.05) is 60.7 Å². The summed E-state index contributed by atoms with van der Waals surface area (Å²) in [5.41, 5.74) is 1.21. The van der Waals surface area contributed by atoms with Crippen LogP contribution in [0.4, 0.5) is 0 Å². The van der Waals surface area contributed by atoms with Gasteiger partial charge < -0.3 is 4.74 Å². The Hall–Kier alpha value is -3.41. The molecule has 0 saturated carbocycles. The molecule has 0 aliphatic rings.